The van der Waals surface area contributed by atoms with Crippen LogP contribution in [0, 0.1) is 0 Å². The van der Waals surface area contributed by atoms with Crippen LogP contribution < -0.4 is 14.8 Å². The first-order chi connectivity index (χ1) is 11.7. The molecule has 0 aliphatic carbocycles. The summed E-state index contributed by atoms with van der Waals surface area (Å²) in [4.78, 5) is 16.7. The van der Waals surface area contributed by atoms with Crippen molar-refractivity contribution in [3.05, 3.63) is 54.2 Å². The van der Waals surface area contributed by atoms with Gasteiger partial charge in [-0.2, -0.15) is 0 Å². The highest BCUT2D eigenvalue weighted by atomic mass is 16.6. The number of anilines is 1. The van der Waals surface area contributed by atoms with Crippen molar-refractivity contribution >= 4 is 22.5 Å². The van der Waals surface area contributed by atoms with Crippen LogP contribution in [0.1, 0.15) is 10.4 Å². The fourth-order valence-electron chi connectivity index (χ4n) is 2.67. The topological polar surface area (TPSA) is 80.7 Å². The van der Waals surface area contributed by atoms with E-state index < -0.39 is 5.91 Å². The molecule has 0 atom stereocenters. The molecule has 6 nitrogen and oxygen atoms in total. The van der Waals surface area contributed by atoms with Crippen LogP contribution in [-0.2, 0) is 0 Å². The number of fused-ring (bicyclic) bond motifs is 2. The van der Waals surface area contributed by atoms with E-state index in [1.807, 2.05) is 6.07 Å². The summed E-state index contributed by atoms with van der Waals surface area (Å²) in [6, 6.07) is 12.2. The van der Waals surface area contributed by atoms with Crippen molar-refractivity contribution < 1.29 is 19.4 Å². The zero-order valence-corrected chi connectivity index (χ0v) is 12.7. The van der Waals surface area contributed by atoms with Gasteiger partial charge in [0.05, 0.1) is 11.3 Å². The third-order valence-electron chi connectivity index (χ3n) is 3.81. The van der Waals surface area contributed by atoms with E-state index in [-0.39, 0.29) is 11.3 Å². The highest BCUT2D eigenvalue weighted by Crippen LogP contribution is 2.38. The summed E-state index contributed by atoms with van der Waals surface area (Å²) in [6.07, 6.45) is 1.57. The lowest BCUT2D eigenvalue weighted by Gasteiger charge is -2.21. The number of carbonyl (C=O) groups excluding carboxylic acids is 1. The number of hydrogen-bond donors (Lipinski definition) is 2. The fourth-order valence-corrected chi connectivity index (χ4v) is 2.67. The Bertz CT molecular complexity index is 939. The number of pyridine rings is 1. The third-order valence-corrected chi connectivity index (χ3v) is 3.81. The molecular formula is C18H14N2O4. The van der Waals surface area contributed by atoms with E-state index in [2.05, 4.69) is 10.3 Å². The molecule has 3 aromatic rings. The van der Waals surface area contributed by atoms with Gasteiger partial charge >= 0.3 is 0 Å². The van der Waals surface area contributed by atoms with Crippen LogP contribution in [0.2, 0.25) is 0 Å². The molecule has 4 rings (SSSR count). The maximum Gasteiger partial charge on any atom is 0.259 e. The number of phenols is 1. The Morgan fingerprint density at radius 3 is 2.88 bits per heavy atom. The molecule has 6 heteroatoms. The van der Waals surface area contributed by atoms with Crippen LogP contribution in [0.15, 0.2) is 48.7 Å². The molecule has 2 heterocycles. The van der Waals surface area contributed by atoms with Gasteiger partial charge < -0.3 is 19.9 Å². The molecule has 0 radical (unpaired) electrons. The van der Waals surface area contributed by atoms with Gasteiger partial charge in [-0.15, -0.1) is 0 Å². The van der Waals surface area contributed by atoms with Gasteiger partial charge in [0, 0.05) is 11.6 Å². The molecule has 0 unspecified atom stereocenters. The number of amides is 1. The standard InChI is InChI=1S/C18H14N2O4/c21-16-12(7-6-11-3-2-8-19-15(11)16)18(22)20-13-4-1-5-14-17(13)24-10-9-23-14/h1-8,21H,9-10H2,(H,20,22). The number of nitrogens with zero attached hydrogens (tertiary/aromatic N) is 1. The summed E-state index contributed by atoms with van der Waals surface area (Å²) < 4.78 is 11.1. The molecule has 120 valence electrons. The van der Waals surface area contributed by atoms with Crippen LogP contribution in [-0.4, -0.2) is 29.2 Å². The average molecular weight is 322 g/mol. The lowest BCUT2D eigenvalue weighted by Crippen LogP contribution is -2.18. The summed E-state index contributed by atoms with van der Waals surface area (Å²) >= 11 is 0. The number of rotatable bonds is 2. The van der Waals surface area contributed by atoms with Gasteiger partial charge in [-0.3, -0.25) is 9.78 Å². The van der Waals surface area contributed by atoms with Crippen LogP contribution >= 0.6 is 0 Å². The minimum Gasteiger partial charge on any atom is -0.505 e. The normalized spacial score (nSPS) is 12.8. The fraction of sp³-hybridized carbons (Fsp3) is 0.111. The molecule has 1 aliphatic heterocycles. The first-order valence-corrected chi connectivity index (χ1v) is 7.51. The second-order valence-electron chi connectivity index (χ2n) is 5.32. The van der Waals surface area contributed by atoms with Crippen LogP contribution in [0.4, 0.5) is 5.69 Å². The van der Waals surface area contributed by atoms with Crippen molar-refractivity contribution in [1.82, 2.24) is 4.98 Å². The quantitative estimate of drug-likeness (QED) is 0.758. The highest BCUT2D eigenvalue weighted by Gasteiger charge is 2.20. The van der Waals surface area contributed by atoms with E-state index in [9.17, 15) is 9.90 Å². The van der Waals surface area contributed by atoms with Crippen LogP contribution in [0.5, 0.6) is 17.2 Å². The number of hydrogen-bond acceptors (Lipinski definition) is 5. The van der Waals surface area contributed by atoms with Crippen LogP contribution in [0.25, 0.3) is 10.9 Å². The molecule has 0 saturated heterocycles. The molecule has 24 heavy (non-hydrogen) atoms. The SMILES string of the molecule is O=C(Nc1cccc2c1OCCO2)c1ccc2cccnc2c1O. The van der Waals surface area contributed by atoms with E-state index in [0.717, 1.165) is 5.39 Å². The molecule has 1 aromatic heterocycles. The van der Waals surface area contributed by atoms with E-state index in [0.29, 0.717) is 35.9 Å². The second-order valence-corrected chi connectivity index (χ2v) is 5.32. The molecule has 1 aliphatic rings. The zero-order valence-electron chi connectivity index (χ0n) is 12.7. The summed E-state index contributed by atoms with van der Waals surface area (Å²) in [6.45, 7) is 0.895. The van der Waals surface area contributed by atoms with Gasteiger partial charge in [-0.25, -0.2) is 0 Å². The smallest absolute Gasteiger partial charge is 0.259 e. The van der Waals surface area contributed by atoms with Crippen molar-refractivity contribution in [2.24, 2.45) is 0 Å². The second kappa shape index (κ2) is 5.73. The Morgan fingerprint density at radius 2 is 1.96 bits per heavy atom. The van der Waals surface area contributed by atoms with E-state index in [1.54, 1.807) is 42.6 Å². The zero-order chi connectivity index (χ0) is 16.5. The van der Waals surface area contributed by atoms with Gasteiger partial charge in [-0.1, -0.05) is 18.2 Å². The Hall–Kier alpha value is -3.28. The average Bonchev–Trinajstić information content (AvgIpc) is 2.62. The third kappa shape index (κ3) is 2.38. The van der Waals surface area contributed by atoms with Gasteiger partial charge in [-0.05, 0) is 24.3 Å². The molecule has 2 aromatic carbocycles. The maximum atomic E-state index is 12.6. The highest BCUT2D eigenvalue weighted by molar-refractivity contribution is 6.09. The van der Waals surface area contributed by atoms with Crippen molar-refractivity contribution in [2.75, 3.05) is 18.5 Å². The number of benzene rings is 2. The predicted octanol–water partition coefficient (Wildman–Crippen LogP) is 2.96. The Kier molecular flexibility index (Phi) is 3.42. The number of aromatic hydroxyl groups is 1. The number of nitrogens with one attached hydrogen (secondary N) is 1. The number of phenolic OH excluding ortho intramolecular Hbond substituents is 1. The van der Waals surface area contributed by atoms with E-state index >= 15 is 0 Å². The number of carbonyl (C=O) groups is 1. The Morgan fingerprint density at radius 1 is 1.08 bits per heavy atom. The van der Waals surface area contributed by atoms with Crippen molar-refractivity contribution in [2.45, 2.75) is 0 Å². The maximum absolute atomic E-state index is 12.6. The minimum absolute atomic E-state index is 0.146. The summed E-state index contributed by atoms with van der Waals surface area (Å²) in [5, 5.41) is 13.9. The van der Waals surface area contributed by atoms with Crippen molar-refractivity contribution in [3.63, 3.8) is 0 Å². The lowest BCUT2D eigenvalue weighted by molar-refractivity contribution is 0.102. The predicted molar refractivity (Wildman–Crippen MR) is 88.8 cm³/mol. The molecule has 0 bridgehead atoms. The number of para-hydroxylation sites is 1. The monoisotopic (exact) mass is 322 g/mol. The summed E-state index contributed by atoms with van der Waals surface area (Å²) in [5.74, 6) is 0.495. The minimum atomic E-state index is -0.442. The molecule has 0 fully saturated rings. The van der Waals surface area contributed by atoms with E-state index in [4.69, 9.17) is 9.47 Å². The summed E-state index contributed by atoms with van der Waals surface area (Å²) in [5.41, 5.74) is 1.04. The van der Waals surface area contributed by atoms with E-state index in [1.165, 1.54) is 0 Å². The van der Waals surface area contributed by atoms with Crippen molar-refractivity contribution in [3.8, 4) is 17.2 Å². The number of ether oxygens (including phenoxy) is 2. The lowest BCUT2D eigenvalue weighted by atomic mass is 10.1. The molecule has 0 saturated carbocycles. The van der Waals surface area contributed by atoms with Gasteiger partial charge in [0.2, 0.25) is 0 Å². The number of aromatic nitrogens is 1. The first-order valence-electron chi connectivity index (χ1n) is 7.51. The Labute approximate surface area is 137 Å². The Balaban J connectivity index is 1.69. The molecule has 1 amide bonds. The van der Waals surface area contributed by atoms with Gasteiger partial charge in [0.25, 0.3) is 5.91 Å². The largest absolute Gasteiger partial charge is 0.505 e. The van der Waals surface area contributed by atoms with Crippen molar-refractivity contribution in [1.29, 1.82) is 0 Å². The summed E-state index contributed by atoms with van der Waals surface area (Å²) in [7, 11) is 0. The molecular weight excluding hydrogens is 308 g/mol. The first kappa shape index (κ1) is 14.3. The molecule has 0 spiro atoms. The van der Waals surface area contributed by atoms with Crippen LogP contribution in [0.3, 0.4) is 0 Å². The molecule has 2 N–H and O–H groups in total. The van der Waals surface area contributed by atoms with Gasteiger partial charge in [0.15, 0.2) is 17.2 Å². The van der Waals surface area contributed by atoms with Gasteiger partial charge in [0.1, 0.15) is 18.7 Å².